The molecule has 82 valence electrons. The molecule has 0 bridgehead atoms. The highest BCUT2D eigenvalue weighted by molar-refractivity contribution is 9.10. The highest BCUT2D eigenvalue weighted by atomic mass is 79.9. The molecule has 0 spiro atoms. The van der Waals surface area contributed by atoms with E-state index in [9.17, 15) is 0 Å². The van der Waals surface area contributed by atoms with Crippen LogP contribution < -0.4 is 4.90 Å². The van der Waals surface area contributed by atoms with Gasteiger partial charge >= 0.3 is 0 Å². The number of anilines is 1. The number of benzene rings is 1. The van der Waals surface area contributed by atoms with Gasteiger partial charge in [-0.15, -0.1) is 0 Å². The van der Waals surface area contributed by atoms with Gasteiger partial charge in [0.2, 0.25) is 0 Å². The molecule has 0 aliphatic carbocycles. The van der Waals surface area contributed by atoms with Gasteiger partial charge in [0.25, 0.3) is 0 Å². The molecule has 2 rings (SSSR count). The van der Waals surface area contributed by atoms with Crippen molar-refractivity contribution >= 4 is 21.6 Å². The Morgan fingerprint density at radius 3 is 3.07 bits per heavy atom. The molecule has 1 heterocycles. The van der Waals surface area contributed by atoms with Crippen molar-refractivity contribution in [3.8, 4) is 0 Å². The monoisotopic (exact) mass is 269 g/mol. The van der Waals surface area contributed by atoms with E-state index in [-0.39, 0.29) is 0 Å². The number of rotatable bonds is 3. The van der Waals surface area contributed by atoms with Gasteiger partial charge in [-0.3, -0.25) is 0 Å². The minimum absolute atomic E-state index is 0.316. The maximum Gasteiger partial charge on any atom is 0.0434 e. The van der Waals surface area contributed by atoms with Crippen LogP contribution in [0.25, 0.3) is 0 Å². The SMILES string of the molecule is OCCC1CCN(c2cccc(Br)c2)C1. The fourth-order valence-corrected chi connectivity index (χ4v) is 2.55. The van der Waals surface area contributed by atoms with Gasteiger partial charge in [-0.25, -0.2) is 0 Å². The molecule has 1 aromatic carbocycles. The van der Waals surface area contributed by atoms with Crippen molar-refractivity contribution in [3.63, 3.8) is 0 Å². The van der Waals surface area contributed by atoms with E-state index in [0.29, 0.717) is 12.5 Å². The predicted molar refractivity (Wildman–Crippen MR) is 66.2 cm³/mol. The first-order valence-corrected chi connectivity index (χ1v) is 6.20. The Morgan fingerprint density at radius 1 is 1.47 bits per heavy atom. The second-order valence-corrected chi connectivity index (χ2v) is 5.01. The standard InChI is InChI=1S/C12H16BrNO/c13-11-2-1-3-12(8-11)14-6-4-10(9-14)5-7-15/h1-3,8,10,15H,4-7,9H2. The van der Waals surface area contributed by atoms with Crippen molar-refractivity contribution in [3.05, 3.63) is 28.7 Å². The zero-order chi connectivity index (χ0) is 10.7. The maximum absolute atomic E-state index is 8.90. The quantitative estimate of drug-likeness (QED) is 0.912. The summed E-state index contributed by atoms with van der Waals surface area (Å²) in [5.41, 5.74) is 1.28. The third-order valence-electron chi connectivity index (χ3n) is 3.00. The summed E-state index contributed by atoms with van der Waals surface area (Å²) in [6.45, 7) is 2.51. The molecule has 15 heavy (non-hydrogen) atoms. The van der Waals surface area contributed by atoms with Gasteiger partial charge in [0.05, 0.1) is 0 Å². The van der Waals surface area contributed by atoms with E-state index >= 15 is 0 Å². The largest absolute Gasteiger partial charge is 0.396 e. The second kappa shape index (κ2) is 4.99. The molecule has 0 aromatic heterocycles. The molecule has 1 aromatic rings. The Bertz CT molecular complexity index is 329. The van der Waals surface area contributed by atoms with E-state index in [1.807, 2.05) is 6.07 Å². The van der Waals surface area contributed by atoms with Gasteiger partial charge in [0, 0.05) is 29.9 Å². The molecule has 1 atom stereocenters. The van der Waals surface area contributed by atoms with Crippen molar-refractivity contribution in [1.29, 1.82) is 0 Å². The molecular formula is C12H16BrNO. The maximum atomic E-state index is 8.90. The molecule has 0 amide bonds. The third-order valence-corrected chi connectivity index (χ3v) is 3.49. The first-order valence-electron chi connectivity index (χ1n) is 5.41. The molecule has 1 aliphatic rings. The van der Waals surface area contributed by atoms with E-state index in [0.717, 1.165) is 24.0 Å². The van der Waals surface area contributed by atoms with Crippen LogP contribution in [0, 0.1) is 5.92 Å². The Hall–Kier alpha value is -0.540. The second-order valence-electron chi connectivity index (χ2n) is 4.09. The summed E-state index contributed by atoms with van der Waals surface area (Å²) in [5.74, 6) is 0.661. The van der Waals surface area contributed by atoms with Crippen LogP contribution in [0.2, 0.25) is 0 Å². The zero-order valence-electron chi connectivity index (χ0n) is 8.69. The minimum Gasteiger partial charge on any atom is -0.396 e. The Balaban J connectivity index is 2.01. The lowest BCUT2D eigenvalue weighted by molar-refractivity contribution is 0.263. The van der Waals surface area contributed by atoms with Crippen molar-refractivity contribution in [1.82, 2.24) is 0 Å². The van der Waals surface area contributed by atoms with Crippen LogP contribution in [-0.4, -0.2) is 24.8 Å². The van der Waals surface area contributed by atoms with Gasteiger partial charge < -0.3 is 10.0 Å². The lowest BCUT2D eigenvalue weighted by Gasteiger charge is -2.18. The van der Waals surface area contributed by atoms with E-state index < -0.39 is 0 Å². The number of halogens is 1. The first-order chi connectivity index (χ1) is 7.29. The van der Waals surface area contributed by atoms with Crippen LogP contribution in [0.15, 0.2) is 28.7 Å². The van der Waals surface area contributed by atoms with Crippen molar-refractivity contribution in [2.75, 3.05) is 24.6 Å². The molecule has 3 heteroatoms. The molecule has 1 N–H and O–H groups in total. The molecule has 2 nitrogen and oxygen atoms in total. The van der Waals surface area contributed by atoms with Crippen LogP contribution in [0.1, 0.15) is 12.8 Å². The van der Waals surface area contributed by atoms with Gasteiger partial charge in [-0.2, -0.15) is 0 Å². The van der Waals surface area contributed by atoms with Crippen LogP contribution in [-0.2, 0) is 0 Å². The zero-order valence-corrected chi connectivity index (χ0v) is 10.3. The topological polar surface area (TPSA) is 23.5 Å². The predicted octanol–water partition coefficient (Wildman–Crippen LogP) is 2.66. The summed E-state index contributed by atoms with van der Waals surface area (Å²) in [7, 11) is 0. The van der Waals surface area contributed by atoms with Crippen LogP contribution in [0.4, 0.5) is 5.69 Å². The molecule has 1 aliphatic heterocycles. The Labute approximate surface area is 99.0 Å². The molecule has 1 fully saturated rings. The first kappa shape index (κ1) is 11.0. The molecule has 0 saturated carbocycles. The summed E-state index contributed by atoms with van der Waals surface area (Å²) < 4.78 is 1.13. The minimum atomic E-state index is 0.316. The Kier molecular flexibility index (Phi) is 3.65. The summed E-state index contributed by atoms with van der Waals surface area (Å²) in [5, 5.41) is 8.90. The van der Waals surface area contributed by atoms with E-state index in [2.05, 4.69) is 39.0 Å². The molecule has 1 saturated heterocycles. The van der Waals surface area contributed by atoms with Crippen LogP contribution >= 0.6 is 15.9 Å². The van der Waals surface area contributed by atoms with Gasteiger partial charge in [-0.1, -0.05) is 22.0 Å². The van der Waals surface area contributed by atoms with Gasteiger partial charge in [-0.05, 0) is 37.0 Å². The van der Waals surface area contributed by atoms with Gasteiger partial charge in [0.1, 0.15) is 0 Å². The number of aliphatic hydroxyl groups is 1. The van der Waals surface area contributed by atoms with Crippen molar-refractivity contribution in [2.45, 2.75) is 12.8 Å². The van der Waals surface area contributed by atoms with E-state index in [1.165, 1.54) is 12.1 Å². The lowest BCUT2D eigenvalue weighted by atomic mass is 10.1. The van der Waals surface area contributed by atoms with Gasteiger partial charge in [0.15, 0.2) is 0 Å². The molecule has 0 radical (unpaired) electrons. The lowest BCUT2D eigenvalue weighted by Crippen LogP contribution is -2.19. The summed E-state index contributed by atoms with van der Waals surface area (Å²) >= 11 is 3.49. The average Bonchev–Trinajstić information content (AvgIpc) is 2.67. The number of nitrogens with zero attached hydrogens (tertiary/aromatic N) is 1. The number of aliphatic hydroxyl groups excluding tert-OH is 1. The Morgan fingerprint density at radius 2 is 2.33 bits per heavy atom. The fraction of sp³-hybridized carbons (Fsp3) is 0.500. The molecule has 1 unspecified atom stereocenters. The van der Waals surface area contributed by atoms with Crippen LogP contribution in [0.5, 0.6) is 0 Å². The van der Waals surface area contributed by atoms with E-state index in [4.69, 9.17) is 5.11 Å². The molecular weight excluding hydrogens is 254 g/mol. The summed E-state index contributed by atoms with van der Waals surface area (Å²) in [6, 6.07) is 8.41. The van der Waals surface area contributed by atoms with Crippen molar-refractivity contribution in [2.24, 2.45) is 5.92 Å². The highest BCUT2D eigenvalue weighted by Gasteiger charge is 2.21. The summed E-state index contributed by atoms with van der Waals surface area (Å²) in [4.78, 5) is 2.39. The highest BCUT2D eigenvalue weighted by Crippen LogP contribution is 2.27. The van der Waals surface area contributed by atoms with E-state index in [1.54, 1.807) is 0 Å². The fourth-order valence-electron chi connectivity index (χ4n) is 2.16. The third kappa shape index (κ3) is 2.73. The summed E-state index contributed by atoms with van der Waals surface area (Å²) in [6.07, 6.45) is 2.14. The number of hydrogen-bond acceptors (Lipinski definition) is 2. The normalized spacial score (nSPS) is 20.9. The number of hydrogen-bond donors (Lipinski definition) is 1. The average molecular weight is 270 g/mol. The smallest absolute Gasteiger partial charge is 0.0434 e. The van der Waals surface area contributed by atoms with Crippen LogP contribution in [0.3, 0.4) is 0 Å². The van der Waals surface area contributed by atoms with Crippen molar-refractivity contribution < 1.29 is 5.11 Å².